The SMILES string of the molecule is COc1ccc(CCC(=O)N2CCC[C@@H](c3nnc(C(=O)Nc4ccc(F)cc4)s3)C2)cc1. The van der Waals surface area contributed by atoms with Gasteiger partial charge in [-0.2, -0.15) is 0 Å². The lowest BCUT2D eigenvalue weighted by molar-refractivity contribution is -0.132. The molecule has 1 aliphatic rings. The molecular weight excluding hydrogens is 443 g/mol. The van der Waals surface area contributed by atoms with Crippen molar-refractivity contribution in [2.24, 2.45) is 0 Å². The highest BCUT2D eigenvalue weighted by molar-refractivity contribution is 7.13. The van der Waals surface area contributed by atoms with Crippen LogP contribution in [0.5, 0.6) is 5.75 Å². The molecule has 2 amide bonds. The average Bonchev–Trinajstić information content (AvgIpc) is 3.35. The van der Waals surface area contributed by atoms with E-state index in [9.17, 15) is 14.0 Å². The number of aryl methyl sites for hydroxylation is 1. The number of nitrogens with zero attached hydrogens (tertiary/aromatic N) is 3. The van der Waals surface area contributed by atoms with Gasteiger partial charge in [-0.05, 0) is 61.2 Å². The third-order valence-electron chi connectivity index (χ3n) is 5.65. The van der Waals surface area contributed by atoms with Gasteiger partial charge in [0.25, 0.3) is 5.91 Å². The summed E-state index contributed by atoms with van der Waals surface area (Å²) >= 11 is 1.24. The number of halogens is 1. The number of likely N-dealkylation sites (tertiary alicyclic amines) is 1. The van der Waals surface area contributed by atoms with E-state index in [-0.39, 0.29) is 28.6 Å². The van der Waals surface area contributed by atoms with Gasteiger partial charge in [0.2, 0.25) is 10.9 Å². The van der Waals surface area contributed by atoms with Gasteiger partial charge in [0.1, 0.15) is 16.6 Å². The van der Waals surface area contributed by atoms with E-state index in [0.29, 0.717) is 25.1 Å². The zero-order chi connectivity index (χ0) is 23.2. The zero-order valence-corrected chi connectivity index (χ0v) is 19.1. The van der Waals surface area contributed by atoms with Crippen molar-refractivity contribution >= 4 is 28.8 Å². The Hall–Kier alpha value is -3.33. The van der Waals surface area contributed by atoms with Crippen LogP contribution in [-0.4, -0.2) is 47.1 Å². The first-order valence-electron chi connectivity index (χ1n) is 10.8. The fourth-order valence-corrected chi connectivity index (χ4v) is 4.68. The zero-order valence-electron chi connectivity index (χ0n) is 18.3. The van der Waals surface area contributed by atoms with E-state index in [0.717, 1.165) is 35.7 Å². The van der Waals surface area contributed by atoms with E-state index < -0.39 is 0 Å². The molecule has 1 aromatic heterocycles. The van der Waals surface area contributed by atoms with Crippen LogP contribution in [-0.2, 0) is 11.2 Å². The molecule has 0 spiro atoms. The first-order valence-corrected chi connectivity index (χ1v) is 11.6. The second-order valence-electron chi connectivity index (χ2n) is 7.93. The monoisotopic (exact) mass is 468 g/mol. The van der Waals surface area contributed by atoms with Crippen LogP contribution in [0.1, 0.15) is 45.6 Å². The maximum Gasteiger partial charge on any atom is 0.286 e. The lowest BCUT2D eigenvalue weighted by atomic mass is 9.98. The van der Waals surface area contributed by atoms with Crippen molar-refractivity contribution in [1.82, 2.24) is 15.1 Å². The number of carbonyl (C=O) groups excluding carboxylic acids is 2. The van der Waals surface area contributed by atoms with Crippen LogP contribution in [0.25, 0.3) is 0 Å². The molecule has 1 N–H and O–H groups in total. The Morgan fingerprint density at radius 3 is 2.64 bits per heavy atom. The molecule has 0 radical (unpaired) electrons. The van der Waals surface area contributed by atoms with Gasteiger partial charge in [0.05, 0.1) is 7.11 Å². The molecule has 33 heavy (non-hydrogen) atoms. The van der Waals surface area contributed by atoms with E-state index in [2.05, 4.69) is 15.5 Å². The summed E-state index contributed by atoms with van der Waals surface area (Å²) in [6.45, 7) is 1.31. The number of amides is 2. The summed E-state index contributed by atoms with van der Waals surface area (Å²) < 4.78 is 18.2. The number of nitrogens with one attached hydrogen (secondary N) is 1. The predicted molar refractivity (Wildman–Crippen MR) is 124 cm³/mol. The molecule has 1 aliphatic heterocycles. The number of hydrogen-bond donors (Lipinski definition) is 1. The number of piperidine rings is 1. The Kier molecular flexibility index (Phi) is 7.29. The van der Waals surface area contributed by atoms with Gasteiger partial charge >= 0.3 is 0 Å². The minimum atomic E-state index is -0.381. The molecule has 0 unspecified atom stereocenters. The first-order chi connectivity index (χ1) is 16.0. The number of anilines is 1. The van der Waals surface area contributed by atoms with E-state index in [1.807, 2.05) is 29.2 Å². The van der Waals surface area contributed by atoms with Crippen LogP contribution >= 0.6 is 11.3 Å². The Balaban J connectivity index is 1.32. The van der Waals surface area contributed by atoms with Gasteiger partial charge < -0.3 is 15.0 Å². The Bertz CT molecular complexity index is 1100. The van der Waals surface area contributed by atoms with Gasteiger partial charge in [-0.15, -0.1) is 10.2 Å². The lowest BCUT2D eigenvalue weighted by Gasteiger charge is -2.31. The minimum Gasteiger partial charge on any atom is -0.497 e. The largest absolute Gasteiger partial charge is 0.497 e. The molecule has 2 aromatic carbocycles. The summed E-state index contributed by atoms with van der Waals surface area (Å²) in [6.07, 6.45) is 2.91. The Morgan fingerprint density at radius 1 is 1.15 bits per heavy atom. The average molecular weight is 469 g/mol. The van der Waals surface area contributed by atoms with E-state index in [1.165, 1.54) is 35.6 Å². The van der Waals surface area contributed by atoms with Crippen LogP contribution in [0, 0.1) is 5.82 Å². The third kappa shape index (κ3) is 5.92. The normalized spacial score (nSPS) is 15.8. The topological polar surface area (TPSA) is 84.4 Å². The fraction of sp³-hybridized carbons (Fsp3) is 0.333. The number of ether oxygens (including phenoxy) is 1. The van der Waals surface area contributed by atoms with Crippen molar-refractivity contribution in [2.45, 2.75) is 31.6 Å². The van der Waals surface area contributed by atoms with Crippen LogP contribution in [0.15, 0.2) is 48.5 Å². The van der Waals surface area contributed by atoms with Gasteiger partial charge in [0.15, 0.2) is 0 Å². The van der Waals surface area contributed by atoms with Crippen LogP contribution < -0.4 is 10.1 Å². The molecule has 4 rings (SSSR count). The molecule has 172 valence electrons. The number of rotatable bonds is 7. The highest BCUT2D eigenvalue weighted by atomic mass is 32.1. The fourth-order valence-electron chi connectivity index (χ4n) is 3.82. The van der Waals surface area contributed by atoms with Gasteiger partial charge in [-0.1, -0.05) is 23.5 Å². The maximum absolute atomic E-state index is 13.0. The molecular formula is C24H25FN4O3S. The lowest BCUT2D eigenvalue weighted by Crippen LogP contribution is -2.39. The molecule has 1 fully saturated rings. The maximum atomic E-state index is 13.0. The summed E-state index contributed by atoms with van der Waals surface area (Å²) in [5.74, 6) is 0.231. The van der Waals surface area contributed by atoms with Crippen LogP contribution in [0.2, 0.25) is 0 Å². The smallest absolute Gasteiger partial charge is 0.286 e. The minimum absolute atomic E-state index is 0.0635. The molecule has 0 bridgehead atoms. The highest BCUT2D eigenvalue weighted by Crippen LogP contribution is 2.30. The summed E-state index contributed by atoms with van der Waals surface area (Å²) in [6, 6.07) is 13.3. The molecule has 1 saturated heterocycles. The van der Waals surface area contributed by atoms with Crippen LogP contribution in [0.4, 0.5) is 10.1 Å². The summed E-state index contributed by atoms with van der Waals surface area (Å²) in [7, 11) is 1.63. The summed E-state index contributed by atoms with van der Waals surface area (Å²) in [4.78, 5) is 27.1. The third-order valence-corrected chi connectivity index (χ3v) is 6.73. The predicted octanol–water partition coefficient (Wildman–Crippen LogP) is 4.28. The molecule has 0 saturated carbocycles. The van der Waals surface area contributed by atoms with E-state index in [4.69, 9.17) is 4.74 Å². The quantitative estimate of drug-likeness (QED) is 0.560. The number of benzene rings is 2. The van der Waals surface area contributed by atoms with Gasteiger partial charge in [0, 0.05) is 31.1 Å². The van der Waals surface area contributed by atoms with E-state index >= 15 is 0 Å². The first kappa shape index (κ1) is 22.8. The number of hydrogen-bond acceptors (Lipinski definition) is 6. The molecule has 0 aliphatic carbocycles. The molecule has 2 heterocycles. The highest BCUT2D eigenvalue weighted by Gasteiger charge is 2.28. The van der Waals surface area contributed by atoms with Crippen molar-refractivity contribution in [1.29, 1.82) is 0 Å². The van der Waals surface area contributed by atoms with Crippen molar-refractivity contribution in [2.75, 3.05) is 25.5 Å². The van der Waals surface area contributed by atoms with Gasteiger partial charge in [-0.25, -0.2) is 4.39 Å². The standard InChI is InChI=1S/C24H25FN4O3S/c1-32-20-11-4-16(5-12-20)6-13-21(30)29-14-2-3-17(15-29)23-27-28-24(33-23)22(31)26-19-9-7-18(25)8-10-19/h4-5,7-12,17H,2-3,6,13-15H2,1H3,(H,26,31)/t17-/m1/s1. The van der Waals surface area contributed by atoms with Crippen molar-refractivity contribution in [3.8, 4) is 5.75 Å². The number of methoxy groups -OCH3 is 1. The number of carbonyl (C=O) groups is 2. The second-order valence-corrected chi connectivity index (χ2v) is 8.94. The molecule has 3 aromatic rings. The summed E-state index contributed by atoms with van der Waals surface area (Å²) in [5, 5.41) is 12.0. The Labute approximate surface area is 195 Å². The second kappa shape index (κ2) is 10.5. The number of aromatic nitrogens is 2. The molecule has 9 heteroatoms. The van der Waals surface area contributed by atoms with Gasteiger partial charge in [-0.3, -0.25) is 9.59 Å². The Morgan fingerprint density at radius 2 is 1.91 bits per heavy atom. The van der Waals surface area contributed by atoms with Crippen LogP contribution in [0.3, 0.4) is 0 Å². The van der Waals surface area contributed by atoms with E-state index in [1.54, 1.807) is 7.11 Å². The summed E-state index contributed by atoms with van der Waals surface area (Å²) in [5.41, 5.74) is 1.59. The van der Waals surface area contributed by atoms with Crippen molar-refractivity contribution in [3.05, 3.63) is 69.9 Å². The van der Waals surface area contributed by atoms with Crippen molar-refractivity contribution in [3.63, 3.8) is 0 Å². The van der Waals surface area contributed by atoms with Crippen molar-refractivity contribution < 1.29 is 18.7 Å². The molecule has 7 nitrogen and oxygen atoms in total. The molecule has 1 atom stereocenters.